The number of nitro benzene ring substituents is 1. The fourth-order valence-electron chi connectivity index (χ4n) is 1.68. The van der Waals surface area contributed by atoms with E-state index in [1.165, 1.54) is 18.2 Å². The Kier molecular flexibility index (Phi) is 4.93. The first-order valence-corrected chi connectivity index (χ1v) is 7.41. The molecule has 21 heavy (non-hydrogen) atoms. The van der Waals surface area contributed by atoms with Gasteiger partial charge in [-0.2, -0.15) is 0 Å². The van der Waals surface area contributed by atoms with Crippen LogP contribution in [0, 0.1) is 10.1 Å². The van der Waals surface area contributed by atoms with Crippen LogP contribution in [0.3, 0.4) is 0 Å². The second-order valence-corrected chi connectivity index (χ2v) is 5.18. The van der Waals surface area contributed by atoms with Gasteiger partial charge in [-0.05, 0) is 29.8 Å². The predicted molar refractivity (Wildman–Crippen MR) is 85.1 cm³/mol. The molecule has 0 radical (unpaired) electrons. The van der Waals surface area contributed by atoms with Gasteiger partial charge >= 0.3 is 0 Å². The second kappa shape index (κ2) is 6.69. The molecular weight excluding hydrogens is 360 g/mol. The average Bonchev–Trinajstić information content (AvgIpc) is 2.49. The van der Waals surface area contributed by atoms with Crippen molar-refractivity contribution in [3.63, 3.8) is 0 Å². The molecule has 0 unspecified atom stereocenters. The largest absolute Gasteiger partial charge is 0.322 e. The Morgan fingerprint density at radius 2 is 1.90 bits per heavy atom. The maximum absolute atomic E-state index is 12.1. The first-order valence-electron chi connectivity index (χ1n) is 5.91. The van der Waals surface area contributed by atoms with Gasteiger partial charge in [-0.15, -0.1) is 0 Å². The highest BCUT2D eigenvalue weighted by Gasteiger charge is 2.14. The van der Waals surface area contributed by atoms with Crippen molar-refractivity contribution in [3.8, 4) is 0 Å². The number of nitrogens with one attached hydrogen (secondary N) is 1. The third-order valence-corrected chi connectivity index (χ3v) is 3.74. The molecule has 1 amide bonds. The number of carbonyl (C=O) groups excluding carboxylic acids is 1. The molecule has 0 saturated heterocycles. The van der Waals surface area contributed by atoms with Gasteiger partial charge in [0.1, 0.15) is 5.02 Å². The van der Waals surface area contributed by atoms with Crippen LogP contribution in [0.4, 0.5) is 11.4 Å². The van der Waals surface area contributed by atoms with E-state index in [1.807, 2.05) is 12.1 Å². The van der Waals surface area contributed by atoms with Crippen molar-refractivity contribution in [2.45, 2.75) is 5.33 Å². The van der Waals surface area contributed by atoms with Crippen LogP contribution in [0.15, 0.2) is 42.5 Å². The van der Waals surface area contributed by atoms with Crippen LogP contribution in [0.25, 0.3) is 0 Å². The predicted octanol–water partition coefficient (Wildman–Crippen LogP) is 4.40. The number of alkyl halides is 1. The van der Waals surface area contributed by atoms with Crippen molar-refractivity contribution in [2.75, 3.05) is 5.32 Å². The van der Waals surface area contributed by atoms with Gasteiger partial charge in [0.05, 0.1) is 4.92 Å². The topological polar surface area (TPSA) is 72.2 Å². The zero-order chi connectivity index (χ0) is 15.4. The highest BCUT2D eigenvalue weighted by Crippen LogP contribution is 2.27. The van der Waals surface area contributed by atoms with E-state index in [-0.39, 0.29) is 16.6 Å². The first kappa shape index (κ1) is 15.5. The highest BCUT2D eigenvalue weighted by atomic mass is 79.9. The Morgan fingerprint density at radius 1 is 1.24 bits per heavy atom. The van der Waals surface area contributed by atoms with E-state index in [9.17, 15) is 14.9 Å². The lowest BCUT2D eigenvalue weighted by Crippen LogP contribution is -2.12. The van der Waals surface area contributed by atoms with E-state index in [1.54, 1.807) is 12.1 Å². The summed E-state index contributed by atoms with van der Waals surface area (Å²) in [6.45, 7) is 0. The number of carbonyl (C=O) groups is 1. The smallest absolute Gasteiger partial charge is 0.289 e. The molecule has 5 nitrogen and oxygen atoms in total. The lowest BCUT2D eigenvalue weighted by Gasteiger charge is -2.06. The normalized spacial score (nSPS) is 10.2. The molecule has 0 aliphatic carbocycles. The van der Waals surface area contributed by atoms with Gasteiger partial charge in [-0.25, -0.2) is 0 Å². The summed E-state index contributed by atoms with van der Waals surface area (Å²) in [5.41, 5.74) is 1.59. The fourth-order valence-corrected chi connectivity index (χ4v) is 2.24. The molecule has 108 valence electrons. The molecule has 0 aliphatic rings. The van der Waals surface area contributed by atoms with Gasteiger partial charge in [0.15, 0.2) is 0 Å². The number of benzene rings is 2. The minimum atomic E-state index is -0.594. The molecule has 2 rings (SSSR count). The molecule has 0 spiro atoms. The van der Waals surface area contributed by atoms with Gasteiger partial charge in [0, 0.05) is 22.6 Å². The Labute approximate surface area is 134 Å². The van der Waals surface area contributed by atoms with Crippen molar-refractivity contribution in [3.05, 3.63) is 68.7 Å². The van der Waals surface area contributed by atoms with Crippen LogP contribution in [0.1, 0.15) is 15.9 Å². The van der Waals surface area contributed by atoms with Crippen LogP contribution >= 0.6 is 27.5 Å². The van der Waals surface area contributed by atoms with Crippen LogP contribution < -0.4 is 5.32 Å². The average molecular weight is 370 g/mol. The van der Waals surface area contributed by atoms with Gasteiger partial charge < -0.3 is 5.32 Å². The maximum atomic E-state index is 12.1. The molecule has 0 bridgehead atoms. The molecule has 1 N–H and O–H groups in total. The molecular formula is C14H10BrClN2O3. The third kappa shape index (κ3) is 3.80. The summed E-state index contributed by atoms with van der Waals surface area (Å²) in [6.07, 6.45) is 0. The summed E-state index contributed by atoms with van der Waals surface area (Å²) < 4.78 is 0. The molecule has 0 heterocycles. The fraction of sp³-hybridized carbons (Fsp3) is 0.0714. The summed E-state index contributed by atoms with van der Waals surface area (Å²) in [5.74, 6) is -0.340. The van der Waals surface area contributed by atoms with Crippen LogP contribution in [-0.4, -0.2) is 10.8 Å². The molecule has 0 aliphatic heterocycles. The van der Waals surface area contributed by atoms with E-state index in [0.29, 0.717) is 16.6 Å². The van der Waals surface area contributed by atoms with Crippen LogP contribution in [0.5, 0.6) is 0 Å². The Hall–Kier alpha value is -1.92. The number of halogens is 2. The van der Waals surface area contributed by atoms with Crippen molar-refractivity contribution in [1.29, 1.82) is 0 Å². The second-order valence-electron chi connectivity index (χ2n) is 4.21. The standard InChI is InChI=1S/C14H10BrClN2O3/c15-8-9-1-3-10(4-2-9)14(19)17-11-5-6-12(16)13(7-11)18(20)21/h1-7H,8H2,(H,17,19). The molecule has 0 saturated carbocycles. The maximum Gasteiger partial charge on any atom is 0.289 e. The summed E-state index contributed by atoms with van der Waals surface area (Å²) in [5, 5.41) is 14.1. The van der Waals surface area contributed by atoms with Gasteiger partial charge in [0.2, 0.25) is 0 Å². The van der Waals surface area contributed by atoms with Gasteiger partial charge in [-0.3, -0.25) is 14.9 Å². The number of rotatable bonds is 4. The van der Waals surface area contributed by atoms with E-state index >= 15 is 0 Å². The van der Waals surface area contributed by atoms with Crippen molar-refractivity contribution in [1.82, 2.24) is 0 Å². The van der Waals surface area contributed by atoms with E-state index in [0.717, 1.165) is 5.56 Å². The van der Waals surface area contributed by atoms with Gasteiger partial charge in [0.25, 0.3) is 11.6 Å². The monoisotopic (exact) mass is 368 g/mol. The molecule has 0 fully saturated rings. The Balaban J connectivity index is 2.19. The molecule has 0 atom stereocenters. The molecule has 7 heteroatoms. The first-order chi connectivity index (χ1) is 10.0. The third-order valence-electron chi connectivity index (χ3n) is 2.77. The van der Waals surface area contributed by atoms with Gasteiger partial charge in [-0.1, -0.05) is 39.7 Å². The Bertz CT molecular complexity index is 689. The number of hydrogen-bond acceptors (Lipinski definition) is 3. The summed E-state index contributed by atoms with van der Waals surface area (Å²) in [6, 6.07) is 11.2. The number of amides is 1. The van der Waals surface area contributed by atoms with Crippen molar-refractivity contribution >= 4 is 44.8 Å². The van der Waals surface area contributed by atoms with Crippen LogP contribution in [-0.2, 0) is 5.33 Å². The minimum Gasteiger partial charge on any atom is -0.322 e. The summed E-state index contributed by atoms with van der Waals surface area (Å²) >= 11 is 9.04. The van der Waals surface area contributed by atoms with Crippen molar-refractivity contribution < 1.29 is 9.72 Å². The minimum absolute atomic E-state index is 0.0275. The van der Waals surface area contributed by atoms with Crippen LogP contribution in [0.2, 0.25) is 5.02 Å². The Morgan fingerprint density at radius 3 is 2.48 bits per heavy atom. The molecule has 2 aromatic rings. The lowest BCUT2D eigenvalue weighted by molar-refractivity contribution is -0.384. The quantitative estimate of drug-likeness (QED) is 0.493. The number of hydrogen-bond donors (Lipinski definition) is 1. The zero-order valence-corrected chi connectivity index (χ0v) is 13.0. The van der Waals surface area contributed by atoms with Crippen molar-refractivity contribution in [2.24, 2.45) is 0 Å². The molecule has 0 aromatic heterocycles. The lowest BCUT2D eigenvalue weighted by atomic mass is 10.1. The summed E-state index contributed by atoms with van der Waals surface area (Å²) in [4.78, 5) is 22.3. The number of nitro groups is 1. The number of nitrogens with zero attached hydrogens (tertiary/aromatic N) is 1. The molecule has 2 aromatic carbocycles. The number of anilines is 1. The van der Waals surface area contributed by atoms with E-state index < -0.39 is 4.92 Å². The van der Waals surface area contributed by atoms with E-state index in [2.05, 4.69) is 21.2 Å². The highest BCUT2D eigenvalue weighted by molar-refractivity contribution is 9.08. The SMILES string of the molecule is O=C(Nc1ccc(Cl)c([N+](=O)[O-])c1)c1ccc(CBr)cc1. The zero-order valence-electron chi connectivity index (χ0n) is 10.7. The summed E-state index contributed by atoms with van der Waals surface area (Å²) in [7, 11) is 0. The van der Waals surface area contributed by atoms with E-state index in [4.69, 9.17) is 11.6 Å².